The van der Waals surface area contributed by atoms with Gasteiger partial charge in [-0.25, -0.2) is 8.42 Å². The molecule has 1 fully saturated rings. The Morgan fingerprint density at radius 1 is 1.33 bits per heavy atom. The first-order chi connectivity index (χ1) is 8.39. The average Bonchev–Trinajstić information content (AvgIpc) is 2.62. The summed E-state index contributed by atoms with van der Waals surface area (Å²) in [6, 6.07) is 5.30. The molecule has 98 valence electrons. The monoisotopic (exact) mass is 267 g/mol. The number of sulfone groups is 1. The third-order valence-electron chi connectivity index (χ3n) is 3.42. The van der Waals surface area contributed by atoms with Gasteiger partial charge < -0.3 is 5.32 Å². The lowest BCUT2D eigenvalue weighted by Crippen LogP contribution is -2.36. The normalized spacial score (nSPS) is 21.8. The summed E-state index contributed by atoms with van der Waals surface area (Å²) >= 11 is 0. The topological polar surface area (TPSA) is 63.2 Å². The number of hydrogen-bond donors (Lipinski definition) is 1. The van der Waals surface area contributed by atoms with Crippen LogP contribution in [0.1, 0.15) is 27.9 Å². The number of aryl methyl sites for hydroxylation is 1. The maximum absolute atomic E-state index is 12.1. The Labute approximate surface area is 107 Å². The molecule has 18 heavy (non-hydrogen) atoms. The van der Waals surface area contributed by atoms with Crippen LogP contribution >= 0.6 is 0 Å². The number of benzene rings is 1. The van der Waals surface area contributed by atoms with E-state index in [4.69, 9.17) is 0 Å². The van der Waals surface area contributed by atoms with Gasteiger partial charge in [0.15, 0.2) is 9.84 Å². The first-order valence-corrected chi connectivity index (χ1v) is 7.79. The van der Waals surface area contributed by atoms with E-state index in [-0.39, 0.29) is 23.5 Å². The molecule has 0 aromatic heterocycles. The largest absolute Gasteiger partial charge is 0.348 e. The van der Waals surface area contributed by atoms with E-state index in [9.17, 15) is 13.2 Å². The van der Waals surface area contributed by atoms with Crippen molar-refractivity contribution in [2.24, 2.45) is 0 Å². The number of amides is 1. The fourth-order valence-corrected chi connectivity index (χ4v) is 3.84. The Bertz CT molecular complexity index is 578. The maximum Gasteiger partial charge on any atom is 0.251 e. The van der Waals surface area contributed by atoms with Crippen LogP contribution in [0.4, 0.5) is 0 Å². The number of nitrogens with one attached hydrogen (secondary N) is 1. The molecule has 5 heteroatoms. The minimum absolute atomic E-state index is 0.0591. The highest BCUT2D eigenvalue weighted by atomic mass is 32.2. The van der Waals surface area contributed by atoms with Crippen molar-refractivity contribution in [3.05, 3.63) is 34.9 Å². The SMILES string of the molecule is Cc1cccc(C(=O)N[C@@H]2CCS(=O)(=O)C2)c1C. The van der Waals surface area contributed by atoms with E-state index in [1.165, 1.54) is 0 Å². The van der Waals surface area contributed by atoms with Gasteiger partial charge in [0.2, 0.25) is 0 Å². The molecule has 2 rings (SSSR count). The van der Waals surface area contributed by atoms with Crippen LogP contribution in [0.3, 0.4) is 0 Å². The molecule has 1 amide bonds. The van der Waals surface area contributed by atoms with Gasteiger partial charge in [0, 0.05) is 11.6 Å². The van der Waals surface area contributed by atoms with Crippen molar-refractivity contribution in [1.82, 2.24) is 5.32 Å². The molecule has 1 aromatic rings. The van der Waals surface area contributed by atoms with Crippen LogP contribution < -0.4 is 5.32 Å². The van der Waals surface area contributed by atoms with Crippen molar-refractivity contribution in [2.45, 2.75) is 26.3 Å². The number of rotatable bonds is 2. The molecular weight excluding hydrogens is 250 g/mol. The number of hydrogen-bond acceptors (Lipinski definition) is 3. The van der Waals surface area contributed by atoms with Gasteiger partial charge in [-0.1, -0.05) is 12.1 Å². The van der Waals surface area contributed by atoms with Gasteiger partial charge in [0.1, 0.15) is 0 Å². The highest BCUT2D eigenvalue weighted by Crippen LogP contribution is 2.15. The van der Waals surface area contributed by atoms with E-state index >= 15 is 0 Å². The summed E-state index contributed by atoms with van der Waals surface area (Å²) in [5, 5.41) is 2.80. The Morgan fingerprint density at radius 3 is 2.67 bits per heavy atom. The van der Waals surface area contributed by atoms with Gasteiger partial charge in [-0.05, 0) is 37.5 Å². The van der Waals surface area contributed by atoms with E-state index in [0.717, 1.165) is 11.1 Å². The first-order valence-electron chi connectivity index (χ1n) is 5.96. The highest BCUT2D eigenvalue weighted by Gasteiger charge is 2.29. The van der Waals surface area contributed by atoms with Crippen LogP contribution in [-0.4, -0.2) is 31.9 Å². The lowest BCUT2D eigenvalue weighted by Gasteiger charge is -2.13. The van der Waals surface area contributed by atoms with Crippen LogP contribution in [0.2, 0.25) is 0 Å². The molecule has 4 nitrogen and oxygen atoms in total. The summed E-state index contributed by atoms with van der Waals surface area (Å²) in [5.41, 5.74) is 2.62. The number of carbonyl (C=O) groups excluding carboxylic acids is 1. The second kappa shape index (κ2) is 4.72. The molecule has 1 saturated heterocycles. The predicted octanol–water partition coefficient (Wildman–Crippen LogP) is 1.22. The van der Waals surface area contributed by atoms with Gasteiger partial charge >= 0.3 is 0 Å². The Hall–Kier alpha value is -1.36. The standard InChI is InChI=1S/C13H17NO3S/c1-9-4-3-5-12(10(9)2)13(15)14-11-6-7-18(16,17)8-11/h3-5,11H,6-8H2,1-2H3,(H,14,15)/t11-/m1/s1. The molecule has 1 heterocycles. The van der Waals surface area contributed by atoms with Crippen LogP contribution in [0.5, 0.6) is 0 Å². The second-order valence-electron chi connectivity index (χ2n) is 4.82. The van der Waals surface area contributed by atoms with Gasteiger partial charge in [-0.3, -0.25) is 4.79 Å². The Balaban J connectivity index is 2.11. The fraction of sp³-hybridized carbons (Fsp3) is 0.462. The third-order valence-corrected chi connectivity index (χ3v) is 5.18. The van der Waals surface area contributed by atoms with E-state index in [1.807, 2.05) is 26.0 Å². The molecule has 0 bridgehead atoms. The quantitative estimate of drug-likeness (QED) is 0.876. The minimum atomic E-state index is -2.96. The van der Waals surface area contributed by atoms with E-state index in [2.05, 4.69) is 5.32 Å². The summed E-state index contributed by atoms with van der Waals surface area (Å²) in [5.74, 6) is 0.0484. The molecule has 1 N–H and O–H groups in total. The average molecular weight is 267 g/mol. The maximum atomic E-state index is 12.1. The van der Waals surface area contributed by atoms with Gasteiger partial charge in [0.25, 0.3) is 5.91 Å². The third kappa shape index (κ3) is 2.72. The van der Waals surface area contributed by atoms with Gasteiger partial charge in [0.05, 0.1) is 11.5 Å². The zero-order valence-corrected chi connectivity index (χ0v) is 11.4. The van der Waals surface area contributed by atoms with Gasteiger partial charge in [-0.2, -0.15) is 0 Å². The Kier molecular flexibility index (Phi) is 3.43. The molecule has 0 saturated carbocycles. The zero-order chi connectivity index (χ0) is 13.3. The van der Waals surface area contributed by atoms with Crippen LogP contribution in [0.25, 0.3) is 0 Å². The van der Waals surface area contributed by atoms with Crippen LogP contribution in [0.15, 0.2) is 18.2 Å². The Morgan fingerprint density at radius 2 is 2.06 bits per heavy atom. The van der Waals surface area contributed by atoms with Crippen molar-refractivity contribution in [1.29, 1.82) is 0 Å². The lowest BCUT2D eigenvalue weighted by molar-refractivity contribution is 0.0940. The molecule has 0 radical (unpaired) electrons. The van der Waals surface area contributed by atoms with Crippen molar-refractivity contribution in [3.8, 4) is 0 Å². The molecule has 0 aliphatic carbocycles. The van der Waals surface area contributed by atoms with E-state index in [1.54, 1.807) is 6.07 Å². The highest BCUT2D eigenvalue weighted by molar-refractivity contribution is 7.91. The van der Waals surface area contributed by atoms with Crippen LogP contribution in [0, 0.1) is 13.8 Å². The van der Waals surface area contributed by atoms with Crippen molar-refractivity contribution < 1.29 is 13.2 Å². The van der Waals surface area contributed by atoms with Gasteiger partial charge in [-0.15, -0.1) is 0 Å². The summed E-state index contributed by atoms with van der Waals surface area (Å²) < 4.78 is 22.7. The second-order valence-corrected chi connectivity index (χ2v) is 7.05. The van der Waals surface area contributed by atoms with E-state index < -0.39 is 9.84 Å². The molecule has 1 aromatic carbocycles. The van der Waals surface area contributed by atoms with E-state index in [0.29, 0.717) is 12.0 Å². The molecule has 1 aliphatic heterocycles. The molecule has 1 aliphatic rings. The summed E-state index contributed by atoms with van der Waals surface area (Å²) in [6.07, 6.45) is 0.513. The number of carbonyl (C=O) groups is 1. The fourth-order valence-electron chi connectivity index (χ4n) is 2.17. The summed E-state index contributed by atoms with van der Waals surface area (Å²) in [7, 11) is -2.96. The van der Waals surface area contributed by atoms with Crippen molar-refractivity contribution in [3.63, 3.8) is 0 Å². The zero-order valence-electron chi connectivity index (χ0n) is 10.6. The predicted molar refractivity (Wildman–Crippen MR) is 70.4 cm³/mol. The first kappa shape index (κ1) is 13.1. The lowest BCUT2D eigenvalue weighted by atomic mass is 10.0. The molecule has 1 atom stereocenters. The molecular formula is C13H17NO3S. The van der Waals surface area contributed by atoms with Crippen molar-refractivity contribution in [2.75, 3.05) is 11.5 Å². The van der Waals surface area contributed by atoms with Crippen molar-refractivity contribution >= 4 is 15.7 Å². The smallest absolute Gasteiger partial charge is 0.251 e. The minimum Gasteiger partial charge on any atom is -0.348 e. The van der Waals surface area contributed by atoms with Crippen LogP contribution in [-0.2, 0) is 9.84 Å². The summed E-state index contributed by atoms with van der Waals surface area (Å²) in [4.78, 5) is 12.1. The molecule has 0 unspecified atom stereocenters. The summed E-state index contributed by atoms with van der Waals surface area (Å²) in [6.45, 7) is 3.85. The molecule has 0 spiro atoms.